The molecule has 44 heavy (non-hydrogen) atoms. The third-order valence-corrected chi connectivity index (χ3v) is 7.37. The van der Waals surface area contributed by atoms with Gasteiger partial charge in [0.1, 0.15) is 11.1 Å². The maximum Gasteiger partial charge on any atom is 0.416 e. The van der Waals surface area contributed by atoms with Crippen LogP contribution >= 0.6 is 0 Å². The van der Waals surface area contributed by atoms with Gasteiger partial charge in [0.15, 0.2) is 11.5 Å². The molecule has 0 spiro atoms. The number of carbonyl (C=O) groups is 1. The number of halogens is 3. The van der Waals surface area contributed by atoms with Crippen molar-refractivity contribution in [3.8, 4) is 23.0 Å². The zero-order valence-corrected chi connectivity index (χ0v) is 24.0. The Kier molecular flexibility index (Phi) is 7.97. The van der Waals surface area contributed by atoms with Crippen LogP contribution in [0, 0.1) is 0 Å². The van der Waals surface area contributed by atoms with E-state index in [0.717, 1.165) is 24.7 Å². The molecule has 0 aliphatic carbocycles. The molecule has 10 nitrogen and oxygen atoms in total. The van der Waals surface area contributed by atoms with E-state index in [2.05, 4.69) is 30.3 Å². The van der Waals surface area contributed by atoms with Crippen molar-refractivity contribution in [3.63, 3.8) is 0 Å². The fourth-order valence-electron chi connectivity index (χ4n) is 5.02. The minimum atomic E-state index is -4.57. The summed E-state index contributed by atoms with van der Waals surface area (Å²) in [4.78, 5) is 30.4. The number of rotatable bonds is 7. The van der Waals surface area contributed by atoms with Gasteiger partial charge < -0.3 is 15.0 Å². The van der Waals surface area contributed by atoms with Crippen molar-refractivity contribution in [1.82, 2.24) is 34.5 Å². The van der Waals surface area contributed by atoms with Crippen molar-refractivity contribution in [2.75, 3.05) is 38.5 Å². The number of nitrogens with one attached hydrogen (secondary N) is 1. The number of benzene rings is 2. The van der Waals surface area contributed by atoms with Gasteiger partial charge in [0.05, 0.1) is 5.56 Å². The molecule has 4 heterocycles. The SMILES string of the molecule is CN1CCN(Cc2ccc(NC(=O)c3cccc(Oc4nc(-c5ccncc5)nc5nn(C)cc45)c3)cc2C(F)(F)F)CC1. The predicted octanol–water partition coefficient (Wildman–Crippen LogP) is 5.24. The minimum absolute atomic E-state index is 0.0469. The van der Waals surface area contributed by atoms with Gasteiger partial charge in [-0.05, 0) is 55.1 Å². The number of fused-ring (bicyclic) bond motifs is 1. The van der Waals surface area contributed by atoms with Crippen molar-refractivity contribution in [2.24, 2.45) is 7.05 Å². The summed E-state index contributed by atoms with van der Waals surface area (Å²) in [6.45, 7) is 3.17. The van der Waals surface area contributed by atoms with E-state index in [1.807, 2.05) is 11.9 Å². The molecule has 0 saturated carbocycles. The number of likely N-dealkylation sites (N-methyl/N-ethyl adjacent to an activating group) is 1. The van der Waals surface area contributed by atoms with E-state index in [1.54, 1.807) is 60.7 Å². The first kappa shape index (κ1) is 29.2. The lowest BCUT2D eigenvalue weighted by Gasteiger charge is -2.33. The van der Waals surface area contributed by atoms with Crippen molar-refractivity contribution >= 4 is 22.6 Å². The number of ether oxygens (including phenoxy) is 1. The number of anilines is 1. The van der Waals surface area contributed by atoms with Crippen LogP contribution in [0.15, 0.2) is 73.2 Å². The lowest BCUT2D eigenvalue weighted by Crippen LogP contribution is -2.44. The molecular weight excluding hydrogens is 573 g/mol. The molecule has 5 aromatic rings. The maximum absolute atomic E-state index is 14.0. The summed E-state index contributed by atoms with van der Waals surface area (Å²) in [5, 5.41) is 7.55. The monoisotopic (exact) mass is 602 g/mol. The molecule has 0 radical (unpaired) electrons. The molecule has 0 bridgehead atoms. The second kappa shape index (κ2) is 12.0. The number of nitrogens with zero attached hydrogens (tertiary/aromatic N) is 7. The van der Waals surface area contributed by atoms with Crippen molar-refractivity contribution in [3.05, 3.63) is 89.9 Å². The highest BCUT2D eigenvalue weighted by atomic mass is 19.4. The Bertz CT molecular complexity index is 1800. The van der Waals surface area contributed by atoms with Crippen LogP contribution in [0.25, 0.3) is 22.4 Å². The van der Waals surface area contributed by atoms with Crippen LogP contribution in [0.3, 0.4) is 0 Å². The summed E-state index contributed by atoms with van der Waals surface area (Å²) in [7, 11) is 3.75. The second-order valence-corrected chi connectivity index (χ2v) is 10.7. The average molecular weight is 603 g/mol. The van der Waals surface area contributed by atoms with Gasteiger partial charge >= 0.3 is 6.18 Å². The summed E-state index contributed by atoms with van der Waals surface area (Å²) in [6, 6.07) is 13.8. The van der Waals surface area contributed by atoms with Gasteiger partial charge in [-0.25, -0.2) is 4.98 Å². The van der Waals surface area contributed by atoms with Crippen molar-refractivity contribution in [2.45, 2.75) is 12.7 Å². The first-order valence-electron chi connectivity index (χ1n) is 13.9. The quantitative estimate of drug-likeness (QED) is 0.270. The fourth-order valence-corrected chi connectivity index (χ4v) is 5.02. The average Bonchev–Trinajstić information content (AvgIpc) is 3.39. The number of carbonyl (C=O) groups excluding carboxylic acids is 1. The summed E-state index contributed by atoms with van der Waals surface area (Å²) in [6.07, 6.45) is 0.412. The number of aryl methyl sites for hydroxylation is 1. The first-order valence-corrected chi connectivity index (χ1v) is 13.9. The van der Waals surface area contributed by atoms with Gasteiger partial charge in [-0.3, -0.25) is 19.4 Å². The molecule has 1 aliphatic rings. The molecular formula is C31H29F3N8O2. The van der Waals surface area contributed by atoms with E-state index in [9.17, 15) is 18.0 Å². The molecule has 1 N–H and O–H groups in total. The van der Waals surface area contributed by atoms with E-state index < -0.39 is 17.6 Å². The Morgan fingerprint density at radius 2 is 1.75 bits per heavy atom. The summed E-state index contributed by atoms with van der Waals surface area (Å²) >= 11 is 0. The normalized spacial score (nSPS) is 14.6. The van der Waals surface area contributed by atoms with Crippen LogP contribution < -0.4 is 10.1 Å². The van der Waals surface area contributed by atoms with Gasteiger partial charge in [-0.15, -0.1) is 0 Å². The molecule has 0 atom stereocenters. The number of alkyl halides is 3. The Labute approximate surface area is 251 Å². The second-order valence-electron chi connectivity index (χ2n) is 10.7. The molecule has 226 valence electrons. The highest BCUT2D eigenvalue weighted by Crippen LogP contribution is 2.35. The number of piperazine rings is 1. The van der Waals surface area contributed by atoms with Gasteiger partial charge in [0.25, 0.3) is 5.91 Å². The van der Waals surface area contributed by atoms with Crippen LogP contribution in [0.2, 0.25) is 0 Å². The van der Waals surface area contributed by atoms with E-state index in [4.69, 9.17) is 4.74 Å². The smallest absolute Gasteiger partial charge is 0.416 e. The molecule has 1 aliphatic heterocycles. The first-order chi connectivity index (χ1) is 21.1. The number of amides is 1. The van der Waals surface area contributed by atoms with Gasteiger partial charge in [0, 0.05) is 75.2 Å². The van der Waals surface area contributed by atoms with Gasteiger partial charge in [0.2, 0.25) is 5.88 Å². The van der Waals surface area contributed by atoms with Crippen LogP contribution in [0.1, 0.15) is 21.5 Å². The lowest BCUT2D eigenvalue weighted by molar-refractivity contribution is -0.138. The molecule has 0 unspecified atom stereocenters. The molecule has 6 rings (SSSR count). The van der Waals surface area contributed by atoms with Crippen molar-refractivity contribution in [1.29, 1.82) is 0 Å². The highest BCUT2D eigenvalue weighted by Gasteiger charge is 2.34. The molecule has 2 aromatic carbocycles. The topological polar surface area (TPSA) is 101 Å². The molecule has 3 aromatic heterocycles. The third kappa shape index (κ3) is 6.53. The van der Waals surface area contributed by atoms with E-state index in [0.29, 0.717) is 35.7 Å². The summed E-state index contributed by atoms with van der Waals surface area (Å²) < 4.78 is 49.8. The van der Waals surface area contributed by atoms with Gasteiger partial charge in [-0.1, -0.05) is 12.1 Å². The highest BCUT2D eigenvalue weighted by molar-refractivity contribution is 6.04. The van der Waals surface area contributed by atoms with Crippen molar-refractivity contribution < 1.29 is 22.7 Å². The number of hydrogen-bond donors (Lipinski definition) is 1. The Hall–Kier alpha value is -4.88. The molecule has 1 saturated heterocycles. The maximum atomic E-state index is 14.0. The van der Waals surface area contributed by atoms with E-state index in [-0.39, 0.29) is 29.2 Å². The Morgan fingerprint density at radius 3 is 2.50 bits per heavy atom. The molecule has 13 heteroatoms. The Morgan fingerprint density at radius 1 is 0.977 bits per heavy atom. The summed E-state index contributed by atoms with van der Waals surface area (Å²) in [5.74, 6) is 0.347. The summed E-state index contributed by atoms with van der Waals surface area (Å²) in [5.41, 5.74) is 0.802. The molecule has 1 amide bonds. The zero-order valence-electron chi connectivity index (χ0n) is 24.0. The zero-order chi connectivity index (χ0) is 30.8. The largest absolute Gasteiger partial charge is 0.438 e. The predicted molar refractivity (Wildman–Crippen MR) is 158 cm³/mol. The van der Waals surface area contributed by atoms with Crippen LogP contribution in [-0.4, -0.2) is 73.7 Å². The van der Waals surface area contributed by atoms with Crippen LogP contribution in [0.4, 0.5) is 18.9 Å². The number of hydrogen-bond acceptors (Lipinski definition) is 8. The third-order valence-electron chi connectivity index (χ3n) is 7.37. The number of aromatic nitrogens is 5. The van der Waals surface area contributed by atoms with E-state index >= 15 is 0 Å². The lowest BCUT2D eigenvalue weighted by atomic mass is 10.0. The molecule has 1 fully saturated rings. The van der Waals surface area contributed by atoms with Crippen LogP contribution in [-0.2, 0) is 19.8 Å². The van der Waals surface area contributed by atoms with Crippen LogP contribution in [0.5, 0.6) is 11.6 Å². The number of pyridine rings is 1. The van der Waals surface area contributed by atoms with Gasteiger partial charge in [-0.2, -0.15) is 23.3 Å². The standard InChI is InChI=1S/C31H29F3N8O2/c1-40-12-14-42(15-13-40)18-22-6-7-23(17-26(22)31(32,33)34)36-29(43)21-4-3-5-24(16-21)44-30-25-19-41(2)39-28(25)37-27(38-30)20-8-10-35-11-9-20/h3-11,16-17,19H,12-15,18H2,1-2H3,(H,36,43). The van der Waals surface area contributed by atoms with E-state index in [1.165, 1.54) is 18.2 Å². The Balaban J connectivity index is 1.22. The minimum Gasteiger partial charge on any atom is -0.438 e. The fraction of sp³-hybridized carbons (Fsp3) is 0.258.